The van der Waals surface area contributed by atoms with Crippen LogP contribution >= 0.6 is 0 Å². The molecule has 2 saturated heterocycles. The number of nitrogens with two attached hydrogens (primary N) is 2. The molecule has 110 valence electrons. The van der Waals surface area contributed by atoms with Gasteiger partial charge in [0.1, 0.15) is 0 Å². The van der Waals surface area contributed by atoms with Crippen LogP contribution in [0, 0.1) is 11.8 Å². The number of amides is 2. The van der Waals surface area contributed by atoms with Crippen molar-refractivity contribution in [2.24, 2.45) is 11.5 Å². The zero-order valence-corrected chi connectivity index (χ0v) is 11.7. The Kier molecular flexibility index (Phi) is 4.99. The summed E-state index contributed by atoms with van der Waals surface area (Å²) in [6, 6.07) is -0.344. The highest BCUT2D eigenvalue weighted by Gasteiger charge is 2.29. The van der Waals surface area contributed by atoms with Gasteiger partial charge in [-0.1, -0.05) is 11.8 Å². The maximum absolute atomic E-state index is 11.2. The Bertz CT molecular complexity index is 402. The quantitative estimate of drug-likeness (QED) is 0.638. The van der Waals surface area contributed by atoms with E-state index < -0.39 is 0 Å². The molecule has 2 aliphatic heterocycles. The highest BCUT2D eigenvalue weighted by molar-refractivity contribution is 5.80. The Balaban J connectivity index is 1.80. The largest absolute Gasteiger partial charge is 0.368 e. The van der Waals surface area contributed by atoms with Crippen LogP contribution in [0.1, 0.15) is 25.7 Å². The van der Waals surface area contributed by atoms with Gasteiger partial charge in [0, 0.05) is 0 Å². The van der Waals surface area contributed by atoms with Gasteiger partial charge < -0.3 is 11.5 Å². The Hall–Kier alpha value is -1.58. The topological polar surface area (TPSA) is 92.7 Å². The third-order valence-corrected chi connectivity index (χ3v) is 4.07. The van der Waals surface area contributed by atoms with Crippen molar-refractivity contribution in [2.45, 2.75) is 37.8 Å². The van der Waals surface area contributed by atoms with E-state index in [1.165, 1.54) is 0 Å². The monoisotopic (exact) mass is 278 g/mol. The molecule has 0 aromatic rings. The van der Waals surface area contributed by atoms with Crippen molar-refractivity contribution in [1.29, 1.82) is 0 Å². The Labute approximate surface area is 119 Å². The lowest BCUT2D eigenvalue weighted by Crippen LogP contribution is -2.41. The summed E-state index contributed by atoms with van der Waals surface area (Å²) in [6.07, 6.45) is 3.64. The molecule has 0 aromatic heterocycles. The smallest absolute Gasteiger partial charge is 0.234 e. The summed E-state index contributed by atoms with van der Waals surface area (Å²) >= 11 is 0. The Morgan fingerprint density at radius 2 is 1.30 bits per heavy atom. The minimum absolute atomic E-state index is 0.172. The van der Waals surface area contributed by atoms with E-state index in [0.29, 0.717) is 13.1 Å². The minimum atomic E-state index is -0.266. The van der Waals surface area contributed by atoms with Crippen molar-refractivity contribution in [3.05, 3.63) is 0 Å². The molecule has 0 aromatic carbocycles. The highest BCUT2D eigenvalue weighted by Crippen LogP contribution is 2.16. The molecular weight excluding hydrogens is 256 g/mol. The third-order valence-electron chi connectivity index (χ3n) is 4.07. The Morgan fingerprint density at radius 1 is 0.900 bits per heavy atom. The number of primary amides is 2. The van der Waals surface area contributed by atoms with Crippen LogP contribution in [0.4, 0.5) is 0 Å². The molecule has 0 bridgehead atoms. The van der Waals surface area contributed by atoms with Crippen molar-refractivity contribution < 1.29 is 9.59 Å². The maximum atomic E-state index is 11.2. The van der Waals surface area contributed by atoms with Gasteiger partial charge >= 0.3 is 0 Å². The van der Waals surface area contributed by atoms with Crippen LogP contribution in [0.2, 0.25) is 0 Å². The zero-order valence-electron chi connectivity index (χ0n) is 11.7. The van der Waals surface area contributed by atoms with Gasteiger partial charge in [-0.3, -0.25) is 19.4 Å². The van der Waals surface area contributed by atoms with Gasteiger partial charge in [-0.05, 0) is 38.8 Å². The van der Waals surface area contributed by atoms with Gasteiger partial charge in [-0.15, -0.1) is 0 Å². The SMILES string of the molecule is NC(=O)C1CCCN1CC#CCN1CCCC1C(N)=O. The van der Waals surface area contributed by atoms with Crippen molar-refractivity contribution in [2.75, 3.05) is 26.2 Å². The van der Waals surface area contributed by atoms with Crippen LogP contribution in [0.25, 0.3) is 0 Å². The molecule has 0 radical (unpaired) electrons. The van der Waals surface area contributed by atoms with Crippen molar-refractivity contribution in [3.8, 4) is 11.8 Å². The molecule has 2 atom stereocenters. The van der Waals surface area contributed by atoms with Gasteiger partial charge in [-0.25, -0.2) is 0 Å². The molecule has 2 aliphatic rings. The van der Waals surface area contributed by atoms with Crippen LogP contribution in [0.15, 0.2) is 0 Å². The molecular formula is C14H22N4O2. The molecule has 20 heavy (non-hydrogen) atoms. The number of likely N-dealkylation sites (tertiary alicyclic amines) is 2. The first-order valence-corrected chi connectivity index (χ1v) is 7.12. The van der Waals surface area contributed by atoms with Crippen molar-refractivity contribution in [1.82, 2.24) is 9.80 Å². The minimum Gasteiger partial charge on any atom is -0.368 e. The summed E-state index contributed by atoms with van der Waals surface area (Å²) in [7, 11) is 0. The van der Waals surface area contributed by atoms with Gasteiger partial charge in [0.05, 0.1) is 25.2 Å². The maximum Gasteiger partial charge on any atom is 0.234 e. The van der Waals surface area contributed by atoms with Crippen LogP contribution in [-0.2, 0) is 9.59 Å². The first-order valence-electron chi connectivity index (χ1n) is 7.12. The summed E-state index contributed by atoms with van der Waals surface area (Å²) in [6.45, 7) is 2.86. The highest BCUT2D eigenvalue weighted by atomic mass is 16.2. The lowest BCUT2D eigenvalue weighted by atomic mass is 10.2. The first-order chi connectivity index (χ1) is 9.59. The van der Waals surface area contributed by atoms with E-state index in [9.17, 15) is 9.59 Å². The molecule has 2 rings (SSSR count). The normalized spacial score (nSPS) is 27.2. The fraction of sp³-hybridized carbons (Fsp3) is 0.714. The fourth-order valence-electron chi connectivity index (χ4n) is 2.99. The van der Waals surface area contributed by atoms with Gasteiger partial charge in [0.2, 0.25) is 11.8 Å². The van der Waals surface area contributed by atoms with E-state index in [2.05, 4.69) is 11.8 Å². The second kappa shape index (κ2) is 6.73. The molecule has 2 amide bonds. The molecule has 6 nitrogen and oxygen atoms in total. The lowest BCUT2D eigenvalue weighted by Gasteiger charge is -2.19. The number of hydrogen-bond acceptors (Lipinski definition) is 4. The predicted octanol–water partition coefficient (Wildman–Crippen LogP) is -1.11. The van der Waals surface area contributed by atoms with Crippen LogP contribution in [-0.4, -0.2) is 59.9 Å². The van der Waals surface area contributed by atoms with E-state index in [1.54, 1.807) is 0 Å². The molecule has 2 heterocycles. The van der Waals surface area contributed by atoms with Crippen LogP contribution < -0.4 is 11.5 Å². The van der Waals surface area contributed by atoms with Gasteiger partial charge in [-0.2, -0.15) is 0 Å². The second-order valence-electron chi connectivity index (χ2n) is 5.42. The number of hydrogen-bond donors (Lipinski definition) is 2. The number of carbonyl (C=O) groups is 2. The average molecular weight is 278 g/mol. The zero-order chi connectivity index (χ0) is 14.5. The lowest BCUT2D eigenvalue weighted by molar-refractivity contribution is -0.122. The van der Waals surface area contributed by atoms with Crippen molar-refractivity contribution >= 4 is 11.8 Å². The van der Waals surface area contributed by atoms with Crippen LogP contribution in [0.3, 0.4) is 0 Å². The summed E-state index contributed by atoms with van der Waals surface area (Å²) in [4.78, 5) is 26.5. The van der Waals surface area contributed by atoms with E-state index in [-0.39, 0.29) is 23.9 Å². The Morgan fingerprint density at radius 3 is 1.65 bits per heavy atom. The second-order valence-corrected chi connectivity index (χ2v) is 5.42. The number of carbonyl (C=O) groups excluding carboxylic acids is 2. The average Bonchev–Trinajstić information content (AvgIpc) is 3.03. The molecule has 0 spiro atoms. The summed E-state index contributed by atoms with van der Waals surface area (Å²) in [5, 5.41) is 0. The summed E-state index contributed by atoms with van der Waals surface area (Å²) in [5.74, 6) is 5.61. The molecule has 2 unspecified atom stereocenters. The number of rotatable bonds is 4. The van der Waals surface area contributed by atoms with Gasteiger partial charge in [0.25, 0.3) is 0 Å². The van der Waals surface area contributed by atoms with Gasteiger partial charge in [0.15, 0.2) is 0 Å². The molecule has 0 saturated carbocycles. The molecule has 4 N–H and O–H groups in total. The third kappa shape index (κ3) is 3.50. The molecule has 2 fully saturated rings. The van der Waals surface area contributed by atoms with E-state index in [4.69, 9.17) is 11.5 Å². The predicted molar refractivity (Wildman–Crippen MR) is 75.4 cm³/mol. The van der Waals surface area contributed by atoms with E-state index in [1.807, 2.05) is 9.80 Å². The standard InChI is InChI=1S/C14H22N4O2/c15-13(19)11-5-3-9-17(11)7-1-2-8-18-10-4-6-12(18)14(16)20/h11-12H,3-10H2,(H2,15,19)(H2,16,20). The van der Waals surface area contributed by atoms with E-state index in [0.717, 1.165) is 38.8 Å². The van der Waals surface area contributed by atoms with E-state index >= 15 is 0 Å². The summed E-state index contributed by atoms with van der Waals surface area (Å²) in [5.41, 5.74) is 10.7. The fourth-order valence-corrected chi connectivity index (χ4v) is 2.99. The first kappa shape index (κ1) is 14.8. The number of nitrogens with zero attached hydrogens (tertiary/aromatic N) is 2. The van der Waals surface area contributed by atoms with Crippen LogP contribution in [0.5, 0.6) is 0 Å². The summed E-state index contributed by atoms with van der Waals surface area (Å²) < 4.78 is 0. The molecule has 6 heteroatoms. The van der Waals surface area contributed by atoms with Crippen molar-refractivity contribution in [3.63, 3.8) is 0 Å². The molecule has 0 aliphatic carbocycles.